The highest BCUT2D eigenvalue weighted by molar-refractivity contribution is 5.08. The summed E-state index contributed by atoms with van der Waals surface area (Å²) in [6.45, 7) is 4.30. The molecule has 1 aromatic rings. The van der Waals surface area contributed by atoms with Crippen LogP contribution in [0.5, 0.6) is 0 Å². The van der Waals surface area contributed by atoms with Crippen LogP contribution in [0.4, 0.5) is 0 Å². The van der Waals surface area contributed by atoms with Crippen LogP contribution >= 0.6 is 0 Å². The fourth-order valence-corrected chi connectivity index (χ4v) is 1.09. The molecule has 0 aliphatic heterocycles. The van der Waals surface area contributed by atoms with Gasteiger partial charge in [0, 0.05) is 13.1 Å². The van der Waals surface area contributed by atoms with E-state index in [1.165, 1.54) is 4.57 Å². The Labute approximate surface area is 77.4 Å². The molecule has 2 N–H and O–H groups in total. The molecule has 1 heterocycles. The van der Waals surface area contributed by atoms with Gasteiger partial charge in [0.15, 0.2) is 0 Å². The van der Waals surface area contributed by atoms with Crippen molar-refractivity contribution in [2.45, 2.75) is 26.3 Å². The zero-order valence-electron chi connectivity index (χ0n) is 8.24. The molecule has 0 spiro atoms. The second kappa shape index (κ2) is 3.70. The van der Waals surface area contributed by atoms with Gasteiger partial charge in [-0.3, -0.25) is 9.36 Å². The highest BCUT2D eigenvalue weighted by atomic mass is 16.1. The standard InChI is InChI=1S/C9H15N3O/c1-6(2)7-4-9(13)12(3)8(5-10)11-7/h4,6H,5,10H2,1-3H3. The van der Waals surface area contributed by atoms with E-state index in [-0.39, 0.29) is 11.5 Å². The van der Waals surface area contributed by atoms with Crippen LogP contribution in [-0.2, 0) is 13.6 Å². The summed E-state index contributed by atoms with van der Waals surface area (Å²) in [4.78, 5) is 15.7. The lowest BCUT2D eigenvalue weighted by Gasteiger charge is -2.09. The van der Waals surface area contributed by atoms with Crippen molar-refractivity contribution >= 4 is 0 Å². The topological polar surface area (TPSA) is 60.9 Å². The van der Waals surface area contributed by atoms with Gasteiger partial charge in [0.2, 0.25) is 0 Å². The van der Waals surface area contributed by atoms with E-state index in [4.69, 9.17) is 5.73 Å². The smallest absolute Gasteiger partial charge is 0.253 e. The van der Waals surface area contributed by atoms with Crippen LogP contribution in [0.25, 0.3) is 0 Å². The molecule has 4 nitrogen and oxygen atoms in total. The second-order valence-electron chi connectivity index (χ2n) is 3.35. The average Bonchev–Trinajstić information content (AvgIpc) is 2.09. The van der Waals surface area contributed by atoms with Crippen LogP contribution in [0.3, 0.4) is 0 Å². The molecule has 0 unspecified atom stereocenters. The van der Waals surface area contributed by atoms with Gasteiger partial charge < -0.3 is 5.73 Å². The molecule has 4 heteroatoms. The maximum Gasteiger partial charge on any atom is 0.253 e. The van der Waals surface area contributed by atoms with Crippen molar-refractivity contribution in [3.05, 3.63) is 27.9 Å². The van der Waals surface area contributed by atoms with Gasteiger partial charge in [-0.05, 0) is 5.92 Å². The molecule has 0 atom stereocenters. The molecule has 13 heavy (non-hydrogen) atoms. The molecule has 1 rings (SSSR count). The molecule has 0 radical (unpaired) electrons. The predicted octanol–water partition coefficient (Wildman–Crippen LogP) is 0.362. The van der Waals surface area contributed by atoms with Gasteiger partial charge in [0.05, 0.1) is 12.2 Å². The van der Waals surface area contributed by atoms with Gasteiger partial charge in [0.1, 0.15) is 5.82 Å². The van der Waals surface area contributed by atoms with Crippen molar-refractivity contribution in [3.8, 4) is 0 Å². The molecule has 0 aliphatic carbocycles. The zero-order chi connectivity index (χ0) is 10.0. The van der Waals surface area contributed by atoms with E-state index >= 15 is 0 Å². The summed E-state index contributed by atoms with van der Waals surface area (Å²) in [6.07, 6.45) is 0. The predicted molar refractivity (Wildman–Crippen MR) is 51.5 cm³/mol. The number of rotatable bonds is 2. The highest BCUT2D eigenvalue weighted by Gasteiger charge is 2.06. The molecular formula is C9H15N3O. The lowest BCUT2D eigenvalue weighted by Crippen LogP contribution is -2.24. The number of aromatic nitrogens is 2. The molecule has 0 saturated heterocycles. The maximum absolute atomic E-state index is 11.4. The van der Waals surface area contributed by atoms with Crippen LogP contribution in [-0.4, -0.2) is 9.55 Å². The molecule has 0 amide bonds. The number of hydrogen-bond donors (Lipinski definition) is 1. The van der Waals surface area contributed by atoms with Gasteiger partial charge in [-0.15, -0.1) is 0 Å². The average molecular weight is 181 g/mol. The van der Waals surface area contributed by atoms with Gasteiger partial charge >= 0.3 is 0 Å². The third kappa shape index (κ3) is 1.95. The monoisotopic (exact) mass is 181 g/mol. The van der Waals surface area contributed by atoms with Crippen LogP contribution in [0.1, 0.15) is 31.3 Å². The first-order valence-electron chi connectivity index (χ1n) is 4.33. The zero-order valence-corrected chi connectivity index (χ0v) is 8.24. The van der Waals surface area contributed by atoms with Gasteiger partial charge in [-0.2, -0.15) is 0 Å². The van der Waals surface area contributed by atoms with E-state index in [2.05, 4.69) is 4.98 Å². The Hall–Kier alpha value is -1.16. The Morgan fingerprint density at radius 2 is 2.23 bits per heavy atom. The fourth-order valence-electron chi connectivity index (χ4n) is 1.09. The van der Waals surface area contributed by atoms with Crippen molar-refractivity contribution in [3.63, 3.8) is 0 Å². The molecular weight excluding hydrogens is 166 g/mol. The fraction of sp³-hybridized carbons (Fsp3) is 0.556. The quantitative estimate of drug-likeness (QED) is 0.716. The van der Waals surface area contributed by atoms with Crippen molar-refractivity contribution < 1.29 is 0 Å². The van der Waals surface area contributed by atoms with Crippen molar-refractivity contribution in [2.24, 2.45) is 12.8 Å². The summed E-state index contributed by atoms with van der Waals surface area (Å²) in [5.41, 5.74) is 6.23. The summed E-state index contributed by atoms with van der Waals surface area (Å²) in [5.74, 6) is 0.899. The van der Waals surface area contributed by atoms with Crippen LogP contribution < -0.4 is 11.3 Å². The van der Waals surface area contributed by atoms with E-state index in [1.54, 1.807) is 13.1 Å². The van der Waals surface area contributed by atoms with E-state index < -0.39 is 0 Å². The minimum Gasteiger partial charge on any atom is -0.324 e. The van der Waals surface area contributed by atoms with Gasteiger partial charge in [0.25, 0.3) is 5.56 Å². The van der Waals surface area contributed by atoms with E-state index in [1.807, 2.05) is 13.8 Å². The van der Waals surface area contributed by atoms with E-state index in [0.29, 0.717) is 12.4 Å². The molecule has 72 valence electrons. The number of hydrogen-bond acceptors (Lipinski definition) is 3. The molecule has 0 aliphatic rings. The summed E-state index contributed by atoms with van der Waals surface area (Å²) >= 11 is 0. The molecule has 0 bridgehead atoms. The highest BCUT2D eigenvalue weighted by Crippen LogP contribution is 2.08. The summed E-state index contributed by atoms with van der Waals surface area (Å²) in [5, 5.41) is 0. The van der Waals surface area contributed by atoms with Crippen LogP contribution in [0, 0.1) is 0 Å². The SMILES string of the molecule is CC(C)c1cc(=O)n(C)c(CN)n1. The van der Waals surface area contributed by atoms with Crippen molar-refractivity contribution in [1.29, 1.82) is 0 Å². The maximum atomic E-state index is 11.4. The largest absolute Gasteiger partial charge is 0.324 e. The Balaban J connectivity index is 3.31. The second-order valence-corrected chi connectivity index (χ2v) is 3.35. The van der Waals surface area contributed by atoms with Gasteiger partial charge in [-0.1, -0.05) is 13.8 Å². The lowest BCUT2D eigenvalue weighted by atomic mass is 10.1. The van der Waals surface area contributed by atoms with E-state index in [0.717, 1.165) is 5.69 Å². The third-order valence-corrected chi connectivity index (χ3v) is 2.02. The first-order chi connectivity index (χ1) is 6.06. The van der Waals surface area contributed by atoms with Crippen LogP contribution in [0.15, 0.2) is 10.9 Å². The number of nitrogens with two attached hydrogens (primary N) is 1. The molecule has 1 aromatic heterocycles. The molecule has 0 saturated carbocycles. The minimum absolute atomic E-state index is 0.0425. The normalized spacial score (nSPS) is 10.8. The summed E-state index contributed by atoms with van der Waals surface area (Å²) in [6, 6.07) is 1.56. The third-order valence-electron chi connectivity index (χ3n) is 2.02. The Morgan fingerprint density at radius 1 is 1.62 bits per heavy atom. The molecule has 0 fully saturated rings. The Bertz CT molecular complexity index is 354. The first kappa shape index (κ1) is 9.92. The summed E-state index contributed by atoms with van der Waals surface area (Å²) < 4.78 is 1.48. The minimum atomic E-state index is -0.0425. The van der Waals surface area contributed by atoms with E-state index in [9.17, 15) is 4.79 Å². The van der Waals surface area contributed by atoms with Crippen LogP contribution in [0.2, 0.25) is 0 Å². The van der Waals surface area contributed by atoms with Gasteiger partial charge in [-0.25, -0.2) is 4.98 Å². The Morgan fingerprint density at radius 3 is 2.69 bits per heavy atom. The van der Waals surface area contributed by atoms with Crippen molar-refractivity contribution in [1.82, 2.24) is 9.55 Å². The first-order valence-corrected chi connectivity index (χ1v) is 4.33. The lowest BCUT2D eigenvalue weighted by molar-refractivity contribution is 0.689. The Kier molecular flexibility index (Phi) is 2.83. The van der Waals surface area contributed by atoms with Crippen molar-refractivity contribution in [2.75, 3.05) is 0 Å². The summed E-state index contributed by atoms with van der Waals surface area (Å²) in [7, 11) is 1.68. The molecule has 0 aromatic carbocycles. The number of nitrogens with zero attached hydrogens (tertiary/aromatic N) is 2.